The smallest absolute Gasteiger partial charge is 0.146 e. The van der Waals surface area contributed by atoms with Crippen LogP contribution in [0.1, 0.15) is 22.3 Å². The number of hydrogen-bond donors (Lipinski definition) is 2. The van der Waals surface area contributed by atoms with Crippen molar-refractivity contribution in [2.24, 2.45) is 11.8 Å². The van der Waals surface area contributed by atoms with E-state index in [0.717, 1.165) is 43.5 Å². The van der Waals surface area contributed by atoms with Crippen LogP contribution in [0, 0.1) is 11.8 Å². The lowest BCUT2D eigenvalue weighted by Crippen LogP contribution is -2.63. The van der Waals surface area contributed by atoms with Gasteiger partial charge < -0.3 is 28.8 Å². The third-order valence-electron chi connectivity index (χ3n) is 12.7. The summed E-state index contributed by atoms with van der Waals surface area (Å²) in [6.07, 6.45) is 5.43. The van der Waals surface area contributed by atoms with Crippen LogP contribution in [0.4, 0.5) is 0 Å². The Bertz CT molecular complexity index is 2310. The molecule has 0 aromatic heterocycles. The van der Waals surface area contributed by atoms with Crippen molar-refractivity contribution in [2.75, 3.05) is 39.8 Å². The minimum Gasteiger partial charge on any atom is -0.384 e. The van der Waals surface area contributed by atoms with Gasteiger partial charge in [-0.15, -0.1) is 0 Å². The van der Waals surface area contributed by atoms with Gasteiger partial charge in [0.15, 0.2) is 0 Å². The van der Waals surface area contributed by atoms with E-state index < -0.39 is 37.3 Å². The van der Waals surface area contributed by atoms with Crippen molar-refractivity contribution in [3.05, 3.63) is 215 Å². The zero-order valence-corrected chi connectivity index (χ0v) is 35.9. The van der Waals surface area contributed by atoms with Crippen LogP contribution in [-0.2, 0) is 42.6 Å². The van der Waals surface area contributed by atoms with Crippen LogP contribution in [0.25, 0.3) is 0 Å². The molecule has 0 fully saturated rings. The zero-order valence-electron chi connectivity index (χ0n) is 34.1. The molecular formula is C52H52O6P2. The van der Waals surface area contributed by atoms with Crippen molar-refractivity contribution in [3.8, 4) is 0 Å². The van der Waals surface area contributed by atoms with E-state index in [9.17, 15) is 10.2 Å². The molecule has 0 saturated heterocycles. The lowest BCUT2D eigenvalue weighted by atomic mass is 9.53. The van der Waals surface area contributed by atoms with Crippen molar-refractivity contribution >= 4 is 35.5 Å². The Hall–Kier alpha value is -4.90. The first-order valence-corrected chi connectivity index (χ1v) is 24.3. The van der Waals surface area contributed by atoms with Crippen LogP contribution in [0.3, 0.4) is 0 Å². The van der Waals surface area contributed by atoms with Crippen LogP contribution in [0.5, 0.6) is 0 Å². The Kier molecular flexibility index (Phi) is 12.3. The Morgan fingerprint density at radius 3 is 1.07 bits per heavy atom. The predicted octanol–water partition coefficient (Wildman–Crippen LogP) is 8.28. The normalized spacial score (nSPS) is 22.9. The molecule has 6 aromatic rings. The highest BCUT2D eigenvalue weighted by Crippen LogP contribution is 2.60. The molecule has 0 saturated carbocycles. The molecular weight excluding hydrogens is 783 g/mol. The average molecular weight is 835 g/mol. The third kappa shape index (κ3) is 7.34. The molecule has 6 nitrogen and oxygen atoms in total. The number of allylic oxidation sites excluding steroid dienone is 2. The summed E-state index contributed by atoms with van der Waals surface area (Å²) >= 11 is 0. The number of hydrogen-bond acceptors (Lipinski definition) is 6. The van der Waals surface area contributed by atoms with E-state index in [1.165, 1.54) is 0 Å². The summed E-state index contributed by atoms with van der Waals surface area (Å²) in [5, 5.41) is 31.2. The number of benzene rings is 6. The molecule has 0 heterocycles. The number of aliphatic hydroxyl groups is 2. The maximum atomic E-state index is 15.4. The monoisotopic (exact) mass is 834 g/mol. The van der Waals surface area contributed by atoms with Crippen LogP contribution in [0.2, 0.25) is 0 Å². The van der Waals surface area contributed by atoms with Gasteiger partial charge in [-0.2, -0.15) is 0 Å². The molecule has 306 valence electrons. The molecule has 0 amide bonds. The van der Waals surface area contributed by atoms with Crippen LogP contribution in [0.15, 0.2) is 193 Å². The molecule has 2 aliphatic rings. The summed E-state index contributed by atoms with van der Waals surface area (Å²) in [6, 6.07) is 53.9. The molecule has 8 heteroatoms. The summed E-state index contributed by atoms with van der Waals surface area (Å²) < 4.78 is 42.7. The highest BCUT2D eigenvalue weighted by Gasteiger charge is 2.64. The highest BCUT2D eigenvalue weighted by molar-refractivity contribution is 7.79. The second-order valence-corrected chi connectivity index (χ2v) is 21.7. The first-order valence-electron chi connectivity index (χ1n) is 20.6. The second-order valence-electron chi connectivity index (χ2n) is 16.0. The van der Waals surface area contributed by atoms with Crippen molar-refractivity contribution in [2.45, 2.75) is 24.0 Å². The highest BCUT2D eigenvalue weighted by atomic mass is 31.2. The first kappa shape index (κ1) is 41.8. The van der Waals surface area contributed by atoms with Gasteiger partial charge in [-0.1, -0.05) is 193 Å². The molecule has 6 aromatic carbocycles. The van der Waals surface area contributed by atoms with E-state index in [-0.39, 0.29) is 25.5 Å². The molecule has 8 rings (SSSR count). The van der Waals surface area contributed by atoms with E-state index in [1.807, 2.05) is 182 Å². The Morgan fingerprint density at radius 2 is 0.767 bits per heavy atom. The van der Waals surface area contributed by atoms with Gasteiger partial charge in [-0.25, -0.2) is 0 Å². The maximum absolute atomic E-state index is 15.4. The average Bonchev–Trinajstić information content (AvgIpc) is 3.30. The van der Waals surface area contributed by atoms with E-state index in [1.54, 1.807) is 14.2 Å². The topological polar surface area (TPSA) is 93.1 Å². The minimum absolute atomic E-state index is 0.0814. The predicted molar refractivity (Wildman–Crippen MR) is 244 cm³/mol. The van der Waals surface area contributed by atoms with Crippen LogP contribution >= 0.6 is 14.3 Å². The Labute approximate surface area is 354 Å². The number of rotatable bonds is 13. The van der Waals surface area contributed by atoms with Crippen LogP contribution in [-0.4, -0.2) is 50.0 Å². The quantitative estimate of drug-likeness (QED) is 0.0900. The largest absolute Gasteiger partial charge is 0.384 e. The van der Waals surface area contributed by atoms with Crippen LogP contribution < -0.4 is 21.2 Å². The molecule has 0 radical (unpaired) electrons. The fourth-order valence-corrected chi connectivity index (χ4v) is 14.8. The van der Waals surface area contributed by atoms with E-state index in [0.29, 0.717) is 24.0 Å². The third-order valence-corrected chi connectivity index (χ3v) is 18.6. The molecule has 0 spiro atoms. The fraction of sp³-hybridized carbons (Fsp3) is 0.231. The van der Waals surface area contributed by atoms with Gasteiger partial charge in [0.1, 0.15) is 25.5 Å². The molecule has 2 N–H and O–H groups in total. The molecule has 2 aliphatic carbocycles. The van der Waals surface area contributed by atoms with Crippen molar-refractivity contribution in [1.82, 2.24) is 0 Å². The van der Waals surface area contributed by atoms with Gasteiger partial charge in [-0.05, 0) is 35.1 Å². The fourth-order valence-electron chi connectivity index (χ4n) is 9.74. The van der Waals surface area contributed by atoms with Crippen molar-refractivity contribution in [1.29, 1.82) is 0 Å². The van der Waals surface area contributed by atoms with Gasteiger partial charge in [0.25, 0.3) is 0 Å². The first-order chi connectivity index (χ1) is 29.2. The van der Waals surface area contributed by atoms with Gasteiger partial charge >= 0.3 is 0 Å². The van der Waals surface area contributed by atoms with E-state index >= 15 is 9.13 Å². The summed E-state index contributed by atoms with van der Waals surface area (Å²) in [4.78, 5) is 0. The van der Waals surface area contributed by atoms with E-state index in [4.69, 9.17) is 9.47 Å². The minimum atomic E-state index is -3.19. The van der Waals surface area contributed by atoms with Gasteiger partial charge in [-0.3, -0.25) is 0 Å². The number of methoxy groups -OCH3 is 2. The standard InChI is InChI=1S/C52H52O6P2/c1-57-37-49-41(31-33-59(55,43-21-7-3-8-22-43)44-23-9-4-10-24-44)35-39-19-15-17-29-47(39)51(49,53)52(54)48-30-18-16-20-40(48)36-42(50(52)38-58-2)32-34-60(56,45-25-11-5-12-26-45)46-27-13-6-14-28-46/h3-32,49-50,53-54H,33-38H2,1-2H3. The van der Waals surface area contributed by atoms with Gasteiger partial charge in [0.05, 0.1) is 13.2 Å². The molecule has 4 unspecified atom stereocenters. The second kappa shape index (κ2) is 17.6. The molecule has 60 heavy (non-hydrogen) atoms. The lowest BCUT2D eigenvalue weighted by Gasteiger charge is -2.57. The number of fused-ring (bicyclic) bond motifs is 2. The summed E-state index contributed by atoms with van der Waals surface area (Å²) in [6.45, 7) is 0.163. The molecule has 0 bridgehead atoms. The maximum Gasteiger partial charge on any atom is 0.146 e. The van der Waals surface area contributed by atoms with E-state index in [2.05, 4.69) is 0 Å². The van der Waals surface area contributed by atoms with Gasteiger partial charge in [0.2, 0.25) is 0 Å². The number of ether oxygens (including phenoxy) is 2. The van der Waals surface area contributed by atoms with Gasteiger partial charge in [0, 0.05) is 59.6 Å². The Balaban J connectivity index is 1.31. The van der Waals surface area contributed by atoms with Crippen molar-refractivity contribution < 1.29 is 28.8 Å². The summed E-state index contributed by atoms with van der Waals surface area (Å²) in [7, 11) is -3.16. The SMILES string of the molecule is COCC1C(=CCP(=O)(c2ccccc2)c2ccccc2)Cc2ccccc2C1(O)C1(O)c2ccccc2CC(=CCP(=O)(c2ccccc2)c2ccccc2)C1COC. The summed E-state index contributed by atoms with van der Waals surface area (Å²) in [5.41, 5.74) is 0.687. The summed E-state index contributed by atoms with van der Waals surface area (Å²) in [5.74, 6) is -1.51. The van der Waals surface area contributed by atoms with Crippen molar-refractivity contribution in [3.63, 3.8) is 0 Å². The lowest BCUT2D eigenvalue weighted by molar-refractivity contribution is -0.228. The zero-order chi connectivity index (χ0) is 41.8. The Morgan fingerprint density at radius 1 is 0.483 bits per heavy atom. The molecule has 4 atom stereocenters. The molecule has 0 aliphatic heterocycles.